The maximum absolute atomic E-state index is 11.8. The number of hydrogen-bond donors (Lipinski definition) is 1. The van der Waals surface area contributed by atoms with E-state index in [1.165, 1.54) is 12.4 Å². The minimum Gasteiger partial charge on any atom is -0.480 e. The summed E-state index contributed by atoms with van der Waals surface area (Å²) in [5.41, 5.74) is 0.224. The lowest BCUT2D eigenvalue weighted by Crippen LogP contribution is -2.50. The van der Waals surface area contributed by atoms with E-state index in [1.807, 2.05) is 4.90 Å². The minimum atomic E-state index is -3.77. The molecule has 10 heteroatoms. The number of carbonyl (C=O) groups is 2. The van der Waals surface area contributed by atoms with Crippen molar-refractivity contribution in [3.05, 3.63) is 18.1 Å². The number of aromatic nitrogens is 2. The molecule has 0 atom stereocenters. The van der Waals surface area contributed by atoms with Gasteiger partial charge in [-0.15, -0.1) is 0 Å². The van der Waals surface area contributed by atoms with Crippen molar-refractivity contribution in [1.82, 2.24) is 14.3 Å². The summed E-state index contributed by atoms with van der Waals surface area (Å²) >= 11 is 0. The molecule has 0 bridgehead atoms. The van der Waals surface area contributed by atoms with Gasteiger partial charge in [-0.2, -0.15) is 4.31 Å². The quantitative estimate of drug-likeness (QED) is 0.675. The summed E-state index contributed by atoms with van der Waals surface area (Å²) < 4.78 is 24.7. The molecule has 1 aliphatic rings. The highest BCUT2D eigenvalue weighted by Crippen LogP contribution is 2.14. The molecule has 1 saturated heterocycles. The molecule has 0 aliphatic carbocycles. The van der Waals surface area contributed by atoms with Gasteiger partial charge in [0.25, 0.3) is 0 Å². The Labute approximate surface area is 121 Å². The summed E-state index contributed by atoms with van der Waals surface area (Å²) in [6, 6.07) is 0. The molecule has 2 rings (SSSR count). The van der Waals surface area contributed by atoms with Gasteiger partial charge in [0.1, 0.15) is 11.5 Å². The molecule has 21 heavy (non-hydrogen) atoms. The van der Waals surface area contributed by atoms with E-state index in [1.54, 1.807) is 0 Å². The van der Waals surface area contributed by atoms with Gasteiger partial charge in [0.15, 0.2) is 12.0 Å². The molecular formula is C11H14N4O5S. The Morgan fingerprint density at radius 1 is 1.24 bits per heavy atom. The third-order valence-electron chi connectivity index (χ3n) is 3.04. The zero-order valence-electron chi connectivity index (χ0n) is 11.0. The average Bonchev–Trinajstić information content (AvgIpc) is 2.46. The van der Waals surface area contributed by atoms with Crippen LogP contribution in [0.15, 0.2) is 12.4 Å². The molecule has 1 aliphatic heterocycles. The van der Waals surface area contributed by atoms with Crippen LogP contribution in [0.5, 0.6) is 0 Å². The van der Waals surface area contributed by atoms with Crippen LogP contribution in [0.1, 0.15) is 10.5 Å². The predicted octanol–water partition coefficient (Wildman–Crippen LogP) is -1.17. The van der Waals surface area contributed by atoms with E-state index in [2.05, 4.69) is 9.97 Å². The number of piperazine rings is 1. The van der Waals surface area contributed by atoms with Gasteiger partial charge >= 0.3 is 5.97 Å². The summed E-state index contributed by atoms with van der Waals surface area (Å²) in [5.74, 6) is -1.72. The summed E-state index contributed by atoms with van der Waals surface area (Å²) in [4.78, 5) is 30.8. The van der Waals surface area contributed by atoms with Gasteiger partial charge in [0.2, 0.25) is 10.0 Å². The number of hydrogen-bond acceptors (Lipinski definition) is 7. The number of nitrogens with zero attached hydrogens (tertiary/aromatic N) is 4. The maximum atomic E-state index is 11.8. The second-order valence-corrected chi connectivity index (χ2v) is 6.42. The van der Waals surface area contributed by atoms with Crippen LogP contribution in [0.3, 0.4) is 0 Å². The van der Waals surface area contributed by atoms with Crippen LogP contribution in [-0.2, 0) is 14.8 Å². The predicted molar refractivity (Wildman–Crippen MR) is 72.6 cm³/mol. The Balaban J connectivity index is 1.99. The molecule has 0 saturated carbocycles. The van der Waals surface area contributed by atoms with E-state index >= 15 is 0 Å². The van der Waals surface area contributed by atoms with Crippen molar-refractivity contribution >= 4 is 28.1 Å². The van der Waals surface area contributed by atoms with Crippen molar-refractivity contribution < 1.29 is 23.1 Å². The number of rotatable bonds is 5. The van der Waals surface area contributed by atoms with E-state index in [0.29, 0.717) is 25.2 Å². The number of carbonyl (C=O) groups excluding carboxylic acids is 1. The Bertz CT molecular complexity index is 623. The lowest BCUT2D eigenvalue weighted by Gasteiger charge is -2.34. The van der Waals surface area contributed by atoms with Crippen LogP contribution in [0.4, 0.5) is 5.82 Å². The standard InChI is InChI=1S/C11H14N4O5S/c16-7-9-5-13-10(6-12-9)14-1-3-15(4-2-14)21(19,20)8-11(17)18/h5-7H,1-4,8H2,(H,17,18). The number of aldehydes is 1. The highest BCUT2D eigenvalue weighted by molar-refractivity contribution is 7.89. The van der Waals surface area contributed by atoms with Gasteiger partial charge in [0, 0.05) is 26.2 Å². The SMILES string of the molecule is O=Cc1cnc(N2CCN(S(=O)(=O)CC(=O)O)CC2)cn1. The number of carboxylic acids is 1. The fourth-order valence-electron chi connectivity index (χ4n) is 2.00. The highest BCUT2D eigenvalue weighted by Gasteiger charge is 2.29. The first-order valence-corrected chi connectivity index (χ1v) is 7.75. The molecule has 0 amide bonds. The lowest BCUT2D eigenvalue weighted by molar-refractivity contribution is -0.134. The number of aliphatic carboxylic acids is 1. The van der Waals surface area contributed by atoms with Crippen molar-refractivity contribution in [2.24, 2.45) is 0 Å². The van der Waals surface area contributed by atoms with E-state index in [9.17, 15) is 18.0 Å². The molecule has 1 aromatic heterocycles. The monoisotopic (exact) mass is 314 g/mol. The van der Waals surface area contributed by atoms with Crippen LogP contribution in [0, 0.1) is 0 Å². The van der Waals surface area contributed by atoms with Gasteiger partial charge in [-0.3, -0.25) is 9.59 Å². The molecule has 1 N–H and O–H groups in total. The van der Waals surface area contributed by atoms with Crippen LogP contribution < -0.4 is 4.90 Å². The Hall–Kier alpha value is -2.07. The first-order chi connectivity index (χ1) is 9.92. The van der Waals surface area contributed by atoms with Crippen LogP contribution in [0.2, 0.25) is 0 Å². The summed E-state index contributed by atoms with van der Waals surface area (Å²) in [5, 5.41) is 8.60. The van der Waals surface area contributed by atoms with Crippen molar-refractivity contribution in [2.45, 2.75) is 0 Å². The average molecular weight is 314 g/mol. The first kappa shape index (κ1) is 15.3. The first-order valence-electron chi connectivity index (χ1n) is 6.14. The molecule has 0 radical (unpaired) electrons. The molecule has 0 unspecified atom stereocenters. The van der Waals surface area contributed by atoms with Crippen LogP contribution >= 0.6 is 0 Å². The van der Waals surface area contributed by atoms with E-state index in [0.717, 1.165) is 4.31 Å². The molecule has 1 aromatic rings. The van der Waals surface area contributed by atoms with E-state index in [-0.39, 0.29) is 18.8 Å². The fraction of sp³-hybridized carbons (Fsp3) is 0.455. The largest absolute Gasteiger partial charge is 0.480 e. The van der Waals surface area contributed by atoms with Crippen LogP contribution in [-0.4, -0.2) is 72.0 Å². The van der Waals surface area contributed by atoms with Gasteiger partial charge in [-0.05, 0) is 0 Å². The molecule has 9 nitrogen and oxygen atoms in total. The topological polar surface area (TPSA) is 121 Å². The molecule has 2 heterocycles. The Kier molecular flexibility index (Phi) is 4.48. The number of carboxylic acid groups (broad SMARTS) is 1. The van der Waals surface area contributed by atoms with E-state index in [4.69, 9.17) is 5.11 Å². The third-order valence-corrected chi connectivity index (χ3v) is 4.80. The van der Waals surface area contributed by atoms with E-state index < -0.39 is 21.7 Å². The van der Waals surface area contributed by atoms with Crippen molar-refractivity contribution in [1.29, 1.82) is 0 Å². The van der Waals surface area contributed by atoms with Gasteiger partial charge < -0.3 is 10.0 Å². The lowest BCUT2D eigenvalue weighted by atomic mass is 10.3. The molecule has 0 aromatic carbocycles. The Morgan fingerprint density at radius 3 is 2.38 bits per heavy atom. The summed E-state index contributed by atoms with van der Waals surface area (Å²) in [6.45, 7) is 1.14. The molecular weight excluding hydrogens is 300 g/mol. The zero-order chi connectivity index (χ0) is 15.5. The van der Waals surface area contributed by atoms with Crippen molar-refractivity contribution in [3.63, 3.8) is 0 Å². The van der Waals surface area contributed by atoms with Gasteiger partial charge in [0.05, 0.1) is 12.4 Å². The van der Waals surface area contributed by atoms with Gasteiger partial charge in [-0.1, -0.05) is 0 Å². The highest BCUT2D eigenvalue weighted by atomic mass is 32.2. The summed E-state index contributed by atoms with van der Waals surface area (Å²) in [6.07, 6.45) is 3.38. The second-order valence-electron chi connectivity index (χ2n) is 4.45. The zero-order valence-corrected chi connectivity index (χ0v) is 11.9. The third kappa shape index (κ3) is 3.73. The molecule has 0 spiro atoms. The molecule has 1 fully saturated rings. The number of sulfonamides is 1. The van der Waals surface area contributed by atoms with Gasteiger partial charge in [-0.25, -0.2) is 18.4 Å². The normalized spacial score (nSPS) is 16.7. The van der Waals surface area contributed by atoms with Crippen molar-refractivity contribution in [3.8, 4) is 0 Å². The Morgan fingerprint density at radius 2 is 1.90 bits per heavy atom. The minimum absolute atomic E-state index is 0.187. The maximum Gasteiger partial charge on any atom is 0.320 e. The number of anilines is 1. The molecule has 114 valence electrons. The summed E-state index contributed by atoms with van der Waals surface area (Å²) in [7, 11) is -3.77. The van der Waals surface area contributed by atoms with Crippen molar-refractivity contribution in [2.75, 3.05) is 36.8 Å². The smallest absolute Gasteiger partial charge is 0.320 e. The fourth-order valence-corrected chi connectivity index (χ4v) is 3.21. The second kappa shape index (κ2) is 6.14. The van der Waals surface area contributed by atoms with Crippen LogP contribution in [0.25, 0.3) is 0 Å².